The third kappa shape index (κ3) is 1.98. The zero-order valence-electron chi connectivity index (χ0n) is 7.45. The summed E-state index contributed by atoms with van der Waals surface area (Å²) in [7, 11) is 0. The van der Waals surface area contributed by atoms with Crippen LogP contribution in [0.5, 0.6) is 0 Å². The first-order chi connectivity index (χ1) is 6.36. The van der Waals surface area contributed by atoms with Gasteiger partial charge in [-0.25, -0.2) is 0 Å². The largest absolute Gasteiger partial charge is 0.461 e. The summed E-state index contributed by atoms with van der Waals surface area (Å²) in [4.78, 5) is 11.5. The van der Waals surface area contributed by atoms with Gasteiger partial charge in [0.2, 0.25) is 0 Å². The van der Waals surface area contributed by atoms with Crippen LogP contribution in [0.3, 0.4) is 0 Å². The molecule has 70 valence electrons. The van der Waals surface area contributed by atoms with Gasteiger partial charge in [-0.15, -0.1) is 0 Å². The quantitative estimate of drug-likeness (QED) is 0.717. The monoisotopic (exact) mass is 179 g/mol. The number of ketones is 1. The van der Waals surface area contributed by atoms with Crippen LogP contribution in [0.25, 0.3) is 0 Å². The molecule has 0 amide bonds. The lowest BCUT2D eigenvalue weighted by Gasteiger charge is -2.06. The van der Waals surface area contributed by atoms with Crippen molar-refractivity contribution in [3.05, 3.63) is 24.2 Å². The average Bonchev–Trinajstić information content (AvgIpc) is 2.74. The van der Waals surface area contributed by atoms with Crippen molar-refractivity contribution in [1.29, 1.82) is 0 Å². The second kappa shape index (κ2) is 3.75. The molecule has 1 unspecified atom stereocenters. The number of hydrogen-bond donors (Lipinski definition) is 1. The van der Waals surface area contributed by atoms with Gasteiger partial charge in [0, 0.05) is 12.5 Å². The molecule has 0 aromatic carbocycles. The number of furan rings is 1. The molecular formula is C10H13NO2. The first kappa shape index (κ1) is 8.51. The Kier molecular flexibility index (Phi) is 2.45. The van der Waals surface area contributed by atoms with E-state index in [1.54, 1.807) is 12.1 Å². The van der Waals surface area contributed by atoms with E-state index in [9.17, 15) is 4.79 Å². The van der Waals surface area contributed by atoms with Gasteiger partial charge in [0.1, 0.15) is 0 Å². The highest BCUT2D eigenvalue weighted by Gasteiger charge is 2.19. The fourth-order valence-electron chi connectivity index (χ4n) is 1.69. The van der Waals surface area contributed by atoms with E-state index in [0.29, 0.717) is 18.2 Å². The van der Waals surface area contributed by atoms with Crippen LogP contribution >= 0.6 is 0 Å². The molecule has 0 saturated carbocycles. The highest BCUT2D eigenvalue weighted by molar-refractivity contribution is 5.93. The Labute approximate surface area is 77.1 Å². The van der Waals surface area contributed by atoms with Gasteiger partial charge in [0.15, 0.2) is 11.5 Å². The van der Waals surface area contributed by atoms with E-state index in [0.717, 1.165) is 13.0 Å². The Hall–Kier alpha value is -1.09. The van der Waals surface area contributed by atoms with Crippen molar-refractivity contribution in [2.75, 3.05) is 6.54 Å². The van der Waals surface area contributed by atoms with E-state index in [4.69, 9.17) is 4.42 Å². The van der Waals surface area contributed by atoms with E-state index in [1.807, 2.05) is 0 Å². The van der Waals surface area contributed by atoms with Gasteiger partial charge < -0.3 is 9.73 Å². The Morgan fingerprint density at radius 2 is 2.62 bits per heavy atom. The molecule has 1 aliphatic heterocycles. The summed E-state index contributed by atoms with van der Waals surface area (Å²) < 4.78 is 5.03. The van der Waals surface area contributed by atoms with Crippen LogP contribution in [-0.2, 0) is 0 Å². The zero-order chi connectivity index (χ0) is 9.10. The van der Waals surface area contributed by atoms with Crippen LogP contribution in [0.1, 0.15) is 29.8 Å². The SMILES string of the molecule is O=C(CC1CCCN1)c1ccco1. The highest BCUT2D eigenvalue weighted by atomic mass is 16.3. The summed E-state index contributed by atoms with van der Waals surface area (Å²) in [5.74, 6) is 0.582. The number of carbonyl (C=O) groups excluding carboxylic acids is 1. The van der Waals surface area contributed by atoms with Gasteiger partial charge in [-0.3, -0.25) is 4.79 Å². The molecule has 13 heavy (non-hydrogen) atoms. The van der Waals surface area contributed by atoms with Gasteiger partial charge in [-0.2, -0.15) is 0 Å². The first-order valence-corrected chi connectivity index (χ1v) is 4.66. The molecule has 0 aliphatic carbocycles. The van der Waals surface area contributed by atoms with Gasteiger partial charge in [-0.1, -0.05) is 0 Å². The molecule has 0 spiro atoms. The Morgan fingerprint density at radius 1 is 1.69 bits per heavy atom. The minimum atomic E-state index is 0.101. The molecule has 1 atom stereocenters. The van der Waals surface area contributed by atoms with Crippen LogP contribution in [0.15, 0.2) is 22.8 Å². The standard InChI is InChI=1S/C10H13NO2/c12-9(10-4-2-6-13-10)7-8-3-1-5-11-8/h2,4,6,8,11H,1,3,5,7H2. The fraction of sp³-hybridized carbons (Fsp3) is 0.500. The maximum absolute atomic E-state index is 11.5. The molecule has 3 nitrogen and oxygen atoms in total. The van der Waals surface area contributed by atoms with Crippen LogP contribution in [0.2, 0.25) is 0 Å². The summed E-state index contributed by atoms with van der Waals surface area (Å²) in [5.41, 5.74) is 0. The van der Waals surface area contributed by atoms with Crippen molar-refractivity contribution >= 4 is 5.78 Å². The normalized spacial score (nSPS) is 22.0. The molecule has 1 saturated heterocycles. The molecule has 0 radical (unpaired) electrons. The lowest BCUT2D eigenvalue weighted by Crippen LogP contribution is -2.24. The lowest BCUT2D eigenvalue weighted by atomic mass is 10.1. The molecule has 2 heterocycles. The topological polar surface area (TPSA) is 42.2 Å². The van der Waals surface area contributed by atoms with Crippen molar-refractivity contribution in [2.24, 2.45) is 0 Å². The molecule has 1 aromatic heterocycles. The molecule has 2 rings (SSSR count). The lowest BCUT2D eigenvalue weighted by molar-refractivity contribution is 0.0944. The van der Waals surface area contributed by atoms with Crippen molar-refractivity contribution in [2.45, 2.75) is 25.3 Å². The fourth-order valence-corrected chi connectivity index (χ4v) is 1.69. The maximum atomic E-state index is 11.5. The second-order valence-corrected chi connectivity index (χ2v) is 3.40. The van der Waals surface area contributed by atoms with Crippen molar-refractivity contribution < 1.29 is 9.21 Å². The van der Waals surface area contributed by atoms with E-state index in [2.05, 4.69) is 5.32 Å². The third-order valence-electron chi connectivity index (χ3n) is 2.39. The number of hydrogen-bond acceptors (Lipinski definition) is 3. The van der Waals surface area contributed by atoms with Crippen LogP contribution in [-0.4, -0.2) is 18.4 Å². The van der Waals surface area contributed by atoms with Gasteiger partial charge in [0.05, 0.1) is 6.26 Å². The highest BCUT2D eigenvalue weighted by Crippen LogP contribution is 2.12. The second-order valence-electron chi connectivity index (χ2n) is 3.40. The predicted molar refractivity (Wildman–Crippen MR) is 48.7 cm³/mol. The average molecular weight is 179 g/mol. The Balaban J connectivity index is 1.91. The first-order valence-electron chi connectivity index (χ1n) is 4.66. The Morgan fingerprint density at radius 3 is 3.23 bits per heavy atom. The van der Waals surface area contributed by atoms with Gasteiger partial charge >= 0.3 is 0 Å². The molecule has 1 N–H and O–H groups in total. The number of carbonyl (C=O) groups is 1. The van der Waals surface area contributed by atoms with E-state index in [-0.39, 0.29) is 5.78 Å². The zero-order valence-corrected chi connectivity index (χ0v) is 7.45. The summed E-state index contributed by atoms with van der Waals surface area (Å²) >= 11 is 0. The third-order valence-corrected chi connectivity index (χ3v) is 2.39. The van der Waals surface area contributed by atoms with Gasteiger partial charge in [0.25, 0.3) is 0 Å². The minimum absolute atomic E-state index is 0.101. The van der Waals surface area contributed by atoms with E-state index >= 15 is 0 Å². The number of Topliss-reactive ketones (excluding diaryl/α,β-unsaturated/α-hetero) is 1. The summed E-state index contributed by atoms with van der Waals surface area (Å²) in [6.45, 7) is 1.04. The van der Waals surface area contributed by atoms with Crippen molar-refractivity contribution in [3.63, 3.8) is 0 Å². The smallest absolute Gasteiger partial charge is 0.199 e. The number of rotatable bonds is 3. The van der Waals surface area contributed by atoms with Crippen LogP contribution < -0.4 is 5.32 Å². The minimum Gasteiger partial charge on any atom is -0.461 e. The van der Waals surface area contributed by atoms with Gasteiger partial charge in [-0.05, 0) is 31.5 Å². The van der Waals surface area contributed by atoms with Crippen molar-refractivity contribution in [3.8, 4) is 0 Å². The van der Waals surface area contributed by atoms with Crippen LogP contribution in [0, 0.1) is 0 Å². The summed E-state index contributed by atoms with van der Waals surface area (Å²) in [5, 5.41) is 3.29. The predicted octanol–water partition coefficient (Wildman–Crippen LogP) is 1.60. The van der Waals surface area contributed by atoms with E-state index in [1.165, 1.54) is 12.7 Å². The molecular weight excluding hydrogens is 166 g/mol. The van der Waals surface area contributed by atoms with E-state index < -0.39 is 0 Å². The summed E-state index contributed by atoms with van der Waals surface area (Å²) in [6.07, 6.45) is 4.38. The number of nitrogens with one attached hydrogen (secondary N) is 1. The Bertz CT molecular complexity index is 273. The maximum Gasteiger partial charge on any atom is 0.199 e. The van der Waals surface area contributed by atoms with Crippen LogP contribution in [0.4, 0.5) is 0 Å². The molecule has 1 fully saturated rings. The summed E-state index contributed by atoms with van der Waals surface area (Å²) in [6, 6.07) is 3.82. The molecule has 1 aromatic rings. The molecule has 0 bridgehead atoms. The molecule has 3 heteroatoms. The van der Waals surface area contributed by atoms with Crippen molar-refractivity contribution in [1.82, 2.24) is 5.32 Å². The molecule has 1 aliphatic rings.